The Labute approximate surface area is 114 Å². The quantitative estimate of drug-likeness (QED) is 0.622. The summed E-state index contributed by atoms with van der Waals surface area (Å²) in [5.41, 5.74) is 0.493. The highest BCUT2D eigenvalue weighted by atomic mass is 127. The molecular weight excluding hydrogens is 333 g/mol. The number of carbonyl (C=O) groups excluding carboxylic acids is 2. The van der Waals surface area contributed by atoms with Crippen LogP contribution >= 0.6 is 22.6 Å². The van der Waals surface area contributed by atoms with Gasteiger partial charge in [0.15, 0.2) is 0 Å². The van der Waals surface area contributed by atoms with Crippen LogP contribution in [0.1, 0.15) is 24.2 Å². The average molecular weight is 347 g/mol. The summed E-state index contributed by atoms with van der Waals surface area (Å²) < 4.78 is 6.05. The Kier molecular flexibility index (Phi) is 5.40. The number of benzene rings is 1. The molecule has 1 amide bonds. The van der Waals surface area contributed by atoms with Gasteiger partial charge in [0.25, 0.3) is 0 Å². The van der Waals surface area contributed by atoms with Crippen LogP contribution in [0.3, 0.4) is 0 Å². The molecule has 0 aliphatic heterocycles. The lowest BCUT2D eigenvalue weighted by Gasteiger charge is -2.18. The van der Waals surface area contributed by atoms with Gasteiger partial charge in [-0.1, -0.05) is 6.07 Å². The number of amides is 1. The molecule has 1 aromatic carbocycles. The third kappa shape index (κ3) is 3.69. The zero-order chi connectivity index (χ0) is 12.8. The lowest BCUT2D eigenvalue weighted by atomic mass is 10.2. The molecule has 0 saturated heterocycles. The average Bonchev–Trinajstić information content (AvgIpc) is 2.33. The first kappa shape index (κ1) is 14.0. The van der Waals surface area contributed by atoms with Gasteiger partial charge in [-0.3, -0.25) is 4.79 Å². The standard InChI is InChI=1S/C12H14INO3/c1-3-14(4-2)12(16)17-11-7-9(8-15)5-6-10(11)13/h5-8H,3-4H2,1-2H3. The predicted octanol–water partition coefficient (Wildman–Crippen LogP) is 2.94. The topological polar surface area (TPSA) is 46.6 Å². The summed E-state index contributed by atoms with van der Waals surface area (Å²) >= 11 is 2.06. The van der Waals surface area contributed by atoms with E-state index in [9.17, 15) is 9.59 Å². The molecule has 0 bridgehead atoms. The zero-order valence-corrected chi connectivity index (χ0v) is 11.9. The minimum Gasteiger partial charge on any atom is -0.409 e. The van der Waals surface area contributed by atoms with Crippen LogP contribution in [0.25, 0.3) is 0 Å². The van der Waals surface area contributed by atoms with Crippen LogP contribution in [0, 0.1) is 3.57 Å². The van der Waals surface area contributed by atoms with Crippen molar-refractivity contribution >= 4 is 35.0 Å². The molecule has 92 valence electrons. The second kappa shape index (κ2) is 6.58. The SMILES string of the molecule is CCN(CC)C(=O)Oc1cc(C=O)ccc1I. The summed E-state index contributed by atoms with van der Waals surface area (Å²) in [6.07, 6.45) is 0.334. The van der Waals surface area contributed by atoms with E-state index in [0.29, 0.717) is 24.4 Å². The minimum atomic E-state index is -0.393. The first-order valence-electron chi connectivity index (χ1n) is 5.33. The molecule has 0 N–H and O–H groups in total. The second-order valence-corrected chi connectivity index (χ2v) is 4.51. The zero-order valence-electron chi connectivity index (χ0n) is 9.77. The van der Waals surface area contributed by atoms with Crippen LogP contribution in [0.5, 0.6) is 5.75 Å². The van der Waals surface area contributed by atoms with Crippen molar-refractivity contribution in [1.29, 1.82) is 0 Å². The molecule has 0 heterocycles. The Hall–Kier alpha value is -1.11. The van der Waals surface area contributed by atoms with Crippen molar-refractivity contribution in [3.8, 4) is 5.75 Å². The van der Waals surface area contributed by atoms with Crippen LogP contribution in [0.15, 0.2) is 18.2 Å². The number of ether oxygens (including phenoxy) is 1. The molecule has 0 radical (unpaired) electrons. The summed E-state index contributed by atoms with van der Waals surface area (Å²) in [6, 6.07) is 4.99. The minimum absolute atomic E-state index is 0.393. The largest absolute Gasteiger partial charge is 0.415 e. The van der Waals surface area contributed by atoms with E-state index in [0.717, 1.165) is 9.86 Å². The molecule has 0 fully saturated rings. The second-order valence-electron chi connectivity index (χ2n) is 3.35. The van der Waals surface area contributed by atoms with Crippen LogP contribution in [-0.4, -0.2) is 30.4 Å². The number of rotatable bonds is 4. The molecule has 0 aliphatic rings. The van der Waals surface area contributed by atoms with Gasteiger partial charge in [0.2, 0.25) is 0 Å². The first-order chi connectivity index (χ1) is 8.12. The number of nitrogens with zero attached hydrogens (tertiary/aromatic N) is 1. The van der Waals surface area contributed by atoms with E-state index in [1.807, 2.05) is 13.8 Å². The third-order valence-corrected chi connectivity index (χ3v) is 3.20. The molecule has 5 heteroatoms. The molecule has 0 aromatic heterocycles. The van der Waals surface area contributed by atoms with E-state index >= 15 is 0 Å². The fourth-order valence-corrected chi connectivity index (χ4v) is 1.76. The predicted molar refractivity (Wildman–Crippen MR) is 73.5 cm³/mol. The Morgan fingerprint density at radius 2 is 2.06 bits per heavy atom. The number of hydrogen-bond donors (Lipinski definition) is 0. The fourth-order valence-electron chi connectivity index (χ4n) is 1.31. The van der Waals surface area contributed by atoms with Crippen molar-refractivity contribution < 1.29 is 14.3 Å². The lowest BCUT2D eigenvalue weighted by Crippen LogP contribution is -2.33. The first-order valence-corrected chi connectivity index (χ1v) is 6.41. The van der Waals surface area contributed by atoms with Gasteiger partial charge in [-0.2, -0.15) is 0 Å². The van der Waals surface area contributed by atoms with E-state index in [1.165, 1.54) is 0 Å². The van der Waals surface area contributed by atoms with Gasteiger partial charge in [0.05, 0.1) is 3.57 Å². The number of halogens is 1. The molecule has 0 saturated carbocycles. The molecule has 0 unspecified atom stereocenters. The van der Waals surface area contributed by atoms with Gasteiger partial charge < -0.3 is 9.64 Å². The van der Waals surface area contributed by atoms with Gasteiger partial charge >= 0.3 is 6.09 Å². The maximum Gasteiger partial charge on any atom is 0.415 e. The maximum atomic E-state index is 11.7. The molecule has 0 atom stereocenters. The smallest absolute Gasteiger partial charge is 0.409 e. The van der Waals surface area contributed by atoms with Crippen molar-refractivity contribution in [3.63, 3.8) is 0 Å². The number of aldehydes is 1. The highest BCUT2D eigenvalue weighted by Crippen LogP contribution is 2.22. The summed E-state index contributed by atoms with van der Waals surface area (Å²) in [7, 11) is 0. The van der Waals surface area contributed by atoms with Crippen molar-refractivity contribution in [2.45, 2.75) is 13.8 Å². The van der Waals surface area contributed by atoms with E-state index < -0.39 is 6.09 Å². The Balaban J connectivity index is 2.87. The molecule has 0 aliphatic carbocycles. The monoisotopic (exact) mass is 347 g/mol. The number of hydrogen-bond acceptors (Lipinski definition) is 3. The maximum absolute atomic E-state index is 11.7. The summed E-state index contributed by atoms with van der Waals surface area (Å²) in [5.74, 6) is 0.423. The van der Waals surface area contributed by atoms with E-state index in [4.69, 9.17) is 4.74 Å². The van der Waals surface area contributed by atoms with E-state index in [-0.39, 0.29) is 0 Å². The van der Waals surface area contributed by atoms with Gasteiger partial charge in [0.1, 0.15) is 12.0 Å². The van der Waals surface area contributed by atoms with Gasteiger partial charge in [-0.15, -0.1) is 0 Å². The summed E-state index contributed by atoms with van der Waals surface area (Å²) in [4.78, 5) is 24.0. The van der Waals surface area contributed by atoms with Crippen LogP contribution in [-0.2, 0) is 0 Å². The van der Waals surface area contributed by atoms with Crippen molar-refractivity contribution in [2.75, 3.05) is 13.1 Å². The normalized spacial score (nSPS) is 9.82. The molecule has 1 rings (SSSR count). The Morgan fingerprint density at radius 3 is 2.59 bits per heavy atom. The Bertz CT molecular complexity index is 416. The highest BCUT2D eigenvalue weighted by Gasteiger charge is 2.13. The van der Waals surface area contributed by atoms with Crippen LogP contribution < -0.4 is 4.74 Å². The summed E-state index contributed by atoms with van der Waals surface area (Å²) in [5, 5.41) is 0. The molecule has 0 spiro atoms. The van der Waals surface area contributed by atoms with E-state index in [1.54, 1.807) is 23.1 Å². The number of carbonyl (C=O) groups is 2. The van der Waals surface area contributed by atoms with Crippen molar-refractivity contribution in [3.05, 3.63) is 27.3 Å². The molecule has 4 nitrogen and oxygen atoms in total. The third-order valence-electron chi connectivity index (χ3n) is 2.31. The van der Waals surface area contributed by atoms with Crippen LogP contribution in [0.4, 0.5) is 4.79 Å². The fraction of sp³-hybridized carbons (Fsp3) is 0.333. The molecule has 1 aromatic rings. The van der Waals surface area contributed by atoms with Crippen LogP contribution in [0.2, 0.25) is 0 Å². The van der Waals surface area contributed by atoms with E-state index in [2.05, 4.69) is 22.6 Å². The van der Waals surface area contributed by atoms with Crippen molar-refractivity contribution in [1.82, 2.24) is 4.90 Å². The van der Waals surface area contributed by atoms with Gasteiger partial charge in [-0.25, -0.2) is 4.79 Å². The van der Waals surface area contributed by atoms with Gasteiger partial charge in [-0.05, 0) is 48.6 Å². The lowest BCUT2D eigenvalue weighted by molar-refractivity contribution is 0.112. The van der Waals surface area contributed by atoms with Crippen molar-refractivity contribution in [2.24, 2.45) is 0 Å². The highest BCUT2D eigenvalue weighted by molar-refractivity contribution is 14.1. The van der Waals surface area contributed by atoms with Gasteiger partial charge in [0, 0.05) is 18.7 Å². The molecule has 17 heavy (non-hydrogen) atoms. The summed E-state index contributed by atoms with van der Waals surface area (Å²) in [6.45, 7) is 4.97. The Morgan fingerprint density at radius 1 is 1.41 bits per heavy atom. The molecular formula is C12H14INO3.